The van der Waals surface area contributed by atoms with Crippen molar-refractivity contribution in [1.82, 2.24) is 9.88 Å². The quantitative estimate of drug-likeness (QED) is 0.221. The van der Waals surface area contributed by atoms with Crippen molar-refractivity contribution >= 4 is 35.2 Å². The van der Waals surface area contributed by atoms with E-state index in [-0.39, 0.29) is 35.9 Å². The summed E-state index contributed by atoms with van der Waals surface area (Å²) >= 11 is 0. The lowest BCUT2D eigenvalue weighted by Gasteiger charge is -2.09. The number of fused-ring (bicyclic) bond motifs is 1. The molecular weight excluding hydrogens is 535 g/mol. The minimum Gasteiger partial charge on any atom is -0.508 e. The van der Waals surface area contributed by atoms with Crippen molar-refractivity contribution in [3.05, 3.63) is 135 Å². The monoisotopic (exact) mass is 557 g/mol. The number of hydrogen-bond acceptors (Lipinski definition) is 4. The highest BCUT2D eigenvalue weighted by Crippen LogP contribution is 2.34. The summed E-state index contributed by atoms with van der Waals surface area (Å²) in [6.07, 6.45) is 6.51. The van der Waals surface area contributed by atoms with Gasteiger partial charge < -0.3 is 20.3 Å². The van der Waals surface area contributed by atoms with Crippen LogP contribution in [0.4, 0.5) is 18.9 Å². The van der Waals surface area contributed by atoms with Crippen LogP contribution in [0, 0.1) is 17.5 Å². The number of phenols is 1. The van der Waals surface area contributed by atoms with Gasteiger partial charge in [0.15, 0.2) is 17.5 Å². The van der Waals surface area contributed by atoms with E-state index < -0.39 is 28.9 Å². The molecule has 0 saturated heterocycles. The van der Waals surface area contributed by atoms with E-state index in [4.69, 9.17) is 0 Å². The van der Waals surface area contributed by atoms with Gasteiger partial charge in [-0.15, -0.1) is 0 Å². The number of phenolic OH excluding ortho intramolecular Hbond substituents is 1. The summed E-state index contributed by atoms with van der Waals surface area (Å²) < 4.78 is 41.4. The van der Waals surface area contributed by atoms with Gasteiger partial charge in [0, 0.05) is 29.6 Å². The molecule has 3 N–H and O–H groups in total. The summed E-state index contributed by atoms with van der Waals surface area (Å²) in [5.41, 5.74) is 2.59. The number of aromatic hydroxyl groups is 1. The average molecular weight is 558 g/mol. The standard InChI is InChI=1S/C31H22F3N3O4/c32-25-14-20(15-26(33)28(25)34)17-37-12-2-4-23(31(37)41)29(39)35-11-1-3-18-7-10-22-24(30(40)36-27(22)16-18)13-19-5-8-21(38)9-6-19/h1-10,12-16,38H,11,17H2,(H,35,39)(H,36,40)/b3-1+,24-13+. The third-order valence-electron chi connectivity index (χ3n) is 6.38. The Bertz CT molecular complexity index is 1770. The van der Waals surface area contributed by atoms with Crippen LogP contribution in [0.25, 0.3) is 17.7 Å². The maximum Gasteiger partial charge on any atom is 0.263 e. The minimum atomic E-state index is -1.60. The molecule has 1 aromatic heterocycles. The number of carbonyl (C=O) groups is 2. The Hall–Kier alpha value is -5.38. The molecule has 0 saturated carbocycles. The SMILES string of the molecule is O=C1Nc2cc(/C=C/CNC(=O)c3cccn(Cc4cc(F)c(F)c(F)c4)c3=O)ccc2/C1=C\c1ccc(O)cc1. The molecule has 0 unspecified atom stereocenters. The first-order valence-electron chi connectivity index (χ1n) is 12.4. The zero-order chi connectivity index (χ0) is 29.1. The minimum absolute atomic E-state index is 0.0255. The summed E-state index contributed by atoms with van der Waals surface area (Å²) in [5, 5.41) is 14.9. The molecule has 0 spiro atoms. The fourth-order valence-corrected chi connectivity index (χ4v) is 4.37. The van der Waals surface area contributed by atoms with E-state index in [1.54, 1.807) is 48.6 Å². The first-order valence-corrected chi connectivity index (χ1v) is 12.4. The number of amides is 2. The Morgan fingerprint density at radius 3 is 2.39 bits per heavy atom. The molecule has 0 bridgehead atoms. The highest BCUT2D eigenvalue weighted by atomic mass is 19.2. The van der Waals surface area contributed by atoms with Crippen molar-refractivity contribution in [2.75, 3.05) is 11.9 Å². The van der Waals surface area contributed by atoms with Gasteiger partial charge in [-0.2, -0.15) is 0 Å². The van der Waals surface area contributed by atoms with Gasteiger partial charge in [0.25, 0.3) is 17.4 Å². The summed E-state index contributed by atoms with van der Waals surface area (Å²) in [5.74, 6) is -5.09. The van der Waals surface area contributed by atoms with Gasteiger partial charge >= 0.3 is 0 Å². The third-order valence-corrected chi connectivity index (χ3v) is 6.38. The smallest absolute Gasteiger partial charge is 0.263 e. The van der Waals surface area contributed by atoms with E-state index in [1.165, 1.54) is 18.3 Å². The van der Waals surface area contributed by atoms with Crippen molar-refractivity contribution in [2.45, 2.75) is 6.54 Å². The van der Waals surface area contributed by atoms with E-state index >= 15 is 0 Å². The van der Waals surface area contributed by atoms with Gasteiger partial charge in [-0.3, -0.25) is 14.4 Å². The van der Waals surface area contributed by atoms with Crippen LogP contribution < -0.4 is 16.2 Å². The molecule has 3 aromatic carbocycles. The molecule has 41 heavy (non-hydrogen) atoms. The van der Waals surface area contributed by atoms with Crippen LogP contribution in [0.5, 0.6) is 5.75 Å². The molecule has 10 heteroatoms. The molecular formula is C31H22F3N3O4. The van der Waals surface area contributed by atoms with E-state index in [1.807, 2.05) is 12.1 Å². The normalized spacial score (nSPS) is 13.4. The van der Waals surface area contributed by atoms with E-state index in [0.29, 0.717) is 11.3 Å². The molecule has 4 aromatic rings. The molecule has 2 amide bonds. The molecule has 0 radical (unpaired) electrons. The number of anilines is 1. The van der Waals surface area contributed by atoms with Gasteiger partial charge in [-0.25, -0.2) is 13.2 Å². The fraction of sp³-hybridized carbons (Fsp3) is 0.0645. The number of benzene rings is 3. The summed E-state index contributed by atoms with van der Waals surface area (Å²) in [6, 6.07) is 16.3. The predicted octanol–water partition coefficient (Wildman–Crippen LogP) is 4.96. The van der Waals surface area contributed by atoms with Gasteiger partial charge in [0.05, 0.1) is 6.54 Å². The lowest BCUT2D eigenvalue weighted by molar-refractivity contribution is -0.110. The third kappa shape index (κ3) is 5.96. The lowest BCUT2D eigenvalue weighted by Crippen LogP contribution is -2.33. The van der Waals surface area contributed by atoms with Crippen LogP contribution in [-0.2, 0) is 11.3 Å². The number of rotatable bonds is 7. The molecule has 1 aliphatic rings. The first kappa shape index (κ1) is 27.2. The Kier molecular flexibility index (Phi) is 7.55. The van der Waals surface area contributed by atoms with Crippen molar-refractivity contribution in [2.24, 2.45) is 0 Å². The van der Waals surface area contributed by atoms with E-state index in [2.05, 4.69) is 10.6 Å². The van der Waals surface area contributed by atoms with Gasteiger partial charge in [0.2, 0.25) is 0 Å². The summed E-state index contributed by atoms with van der Waals surface area (Å²) in [4.78, 5) is 37.9. The summed E-state index contributed by atoms with van der Waals surface area (Å²) in [7, 11) is 0. The molecule has 5 rings (SSSR count). The number of nitrogens with zero attached hydrogens (tertiary/aromatic N) is 1. The Balaban J connectivity index is 1.23. The first-order chi connectivity index (χ1) is 19.7. The van der Waals surface area contributed by atoms with E-state index in [9.17, 15) is 32.7 Å². The predicted molar refractivity (Wildman–Crippen MR) is 149 cm³/mol. The van der Waals surface area contributed by atoms with Crippen LogP contribution in [0.3, 0.4) is 0 Å². The van der Waals surface area contributed by atoms with Crippen molar-refractivity contribution in [1.29, 1.82) is 0 Å². The maximum atomic E-state index is 13.5. The number of halogens is 3. The Morgan fingerprint density at radius 1 is 0.951 bits per heavy atom. The number of pyridine rings is 1. The van der Waals surface area contributed by atoms with Crippen molar-refractivity contribution < 1.29 is 27.9 Å². The fourth-order valence-electron chi connectivity index (χ4n) is 4.37. The van der Waals surface area contributed by atoms with Gasteiger partial charge in [-0.1, -0.05) is 36.4 Å². The van der Waals surface area contributed by atoms with Crippen LogP contribution in [0.1, 0.15) is 32.6 Å². The van der Waals surface area contributed by atoms with Crippen LogP contribution in [0.15, 0.2) is 83.8 Å². The molecule has 7 nitrogen and oxygen atoms in total. The van der Waals surface area contributed by atoms with Gasteiger partial charge in [-0.05, 0) is 65.2 Å². The number of hydrogen-bond donors (Lipinski definition) is 3. The van der Waals surface area contributed by atoms with Crippen LogP contribution >= 0.6 is 0 Å². The zero-order valence-corrected chi connectivity index (χ0v) is 21.3. The number of aromatic nitrogens is 1. The second kappa shape index (κ2) is 11.4. The Labute approximate surface area is 231 Å². The second-order valence-electron chi connectivity index (χ2n) is 9.25. The molecule has 206 valence electrons. The average Bonchev–Trinajstić information content (AvgIpc) is 3.25. The van der Waals surface area contributed by atoms with Crippen LogP contribution in [-0.4, -0.2) is 28.0 Å². The zero-order valence-electron chi connectivity index (χ0n) is 21.3. The van der Waals surface area contributed by atoms with Gasteiger partial charge in [0.1, 0.15) is 11.3 Å². The lowest BCUT2D eigenvalue weighted by atomic mass is 10.0. The number of nitrogens with one attached hydrogen (secondary N) is 2. The second-order valence-corrected chi connectivity index (χ2v) is 9.25. The van der Waals surface area contributed by atoms with E-state index in [0.717, 1.165) is 33.4 Å². The van der Waals surface area contributed by atoms with Crippen LogP contribution in [0.2, 0.25) is 0 Å². The highest BCUT2D eigenvalue weighted by Gasteiger charge is 2.24. The largest absolute Gasteiger partial charge is 0.508 e. The van der Waals surface area contributed by atoms with Crippen molar-refractivity contribution in [3.63, 3.8) is 0 Å². The maximum absolute atomic E-state index is 13.5. The Morgan fingerprint density at radius 2 is 1.66 bits per heavy atom. The molecule has 2 heterocycles. The highest BCUT2D eigenvalue weighted by molar-refractivity contribution is 6.35. The molecule has 1 aliphatic heterocycles. The number of carbonyl (C=O) groups excluding carboxylic acids is 2. The topological polar surface area (TPSA) is 100 Å². The summed E-state index contributed by atoms with van der Waals surface area (Å²) in [6.45, 7) is -0.161. The van der Waals surface area contributed by atoms with Crippen molar-refractivity contribution in [3.8, 4) is 5.75 Å². The molecule has 0 fully saturated rings. The molecule has 0 aliphatic carbocycles. The molecule has 0 atom stereocenters.